The third-order valence-corrected chi connectivity index (χ3v) is 6.38. The van der Waals surface area contributed by atoms with Gasteiger partial charge in [0.15, 0.2) is 11.5 Å². The van der Waals surface area contributed by atoms with Crippen molar-refractivity contribution in [3.8, 4) is 11.5 Å². The van der Waals surface area contributed by atoms with Gasteiger partial charge in [0.05, 0.1) is 31.7 Å². The van der Waals surface area contributed by atoms with Gasteiger partial charge in [-0.3, -0.25) is 14.6 Å². The van der Waals surface area contributed by atoms with Gasteiger partial charge in [0.2, 0.25) is 0 Å². The maximum Gasteiger partial charge on any atom is 0.295 e. The summed E-state index contributed by atoms with van der Waals surface area (Å²) in [7, 11) is 1.55. The van der Waals surface area contributed by atoms with Gasteiger partial charge in [-0.05, 0) is 42.7 Å². The van der Waals surface area contributed by atoms with Crippen LogP contribution >= 0.6 is 0 Å². The van der Waals surface area contributed by atoms with Crippen molar-refractivity contribution in [3.63, 3.8) is 0 Å². The fourth-order valence-corrected chi connectivity index (χ4v) is 4.47. The average molecular weight is 505 g/mol. The molecule has 9 heteroatoms. The number of carbonyl (C=O) groups is 2. The number of benzene rings is 1. The molecule has 3 heterocycles. The number of amides is 1. The number of rotatable bonds is 12. The van der Waals surface area contributed by atoms with Crippen LogP contribution in [0, 0.1) is 0 Å². The number of Topliss-reactive ketones (excluding diaryl/α,β-unsaturated/α-hetero) is 1. The van der Waals surface area contributed by atoms with Gasteiger partial charge in [-0.15, -0.1) is 0 Å². The lowest BCUT2D eigenvalue weighted by Crippen LogP contribution is -2.31. The summed E-state index contributed by atoms with van der Waals surface area (Å²) in [6, 6.07) is 7.81. The van der Waals surface area contributed by atoms with E-state index in [0.717, 1.165) is 19.3 Å². The molecule has 0 spiro atoms. The Morgan fingerprint density at radius 2 is 1.81 bits per heavy atom. The van der Waals surface area contributed by atoms with Crippen molar-refractivity contribution in [1.82, 2.24) is 19.4 Å². The Bertz CT molecular complexity index is 1240. The first-order valence-corrected chi connectivity index (χ1v) is 12.5. The number of carbonyl (C=O) groups excluding carboxylic acids is 2. The fourth-order valence-electron chi connectivity index (χ4n) is 4.47. The molecule has 1 N–H and O–H groups in total. The molecule has 9 nitrogen and oxygen atoms in total. The molecule has 1 atom stereocenters. The Labute approximate surface area is 216 Å². The maximum absolute atomic E-state index is 13.2. The molecule has 1 aliphatic rings. The van der Waals surface area contributed by atoms with Gasteiger partial charge in [0.1, 0.15) is 5.76 Å². The number of aliphatic hydroxyl groups excluding tert-OH is 1. The number of ketones is 1. The Kier molecular flexibility index (Phi) is 8.56. The van der Waals surface area contributed by atoms with Crippen LogP contribution in [0.3, 0.4) is 0 Å². The van der Waals surface area contributed by atoms with E-state index >= 15 is 0 Å². The SMILES string of the molecule is CCCCCOc1ccc(C2C(=C(O)c3ccncc3)C(=O)C(=O)N2CCCn2ccnc2)cc1OC. The smallest absolute Gasteiger partial charge is 0.295 e. The number of ether oxygens (including phenoxy) is 2. The summed E-state index contributed by atoms with van der Waals surface area (Å²) in [5.41, 5.74) is 1.10. The van der Waals surface area contributed by atoms with Crippen LogP contribution in [0.15, 0.2) is 67.0 Å². The summed E-state index contributed by atoms with van der Waals surface area (Å²) in [6.07, 6.45) is 12.0. The first-order valence-electron chi connectivity index (χ1n) is 12.5. The summed E-state index contributed by atoms with van der Waals surface area (Å²) in [6.45, 7) is 3.65. The van der Waals surface area contributed by atoms with Crippen LogP contribution in [0.25, 0.3) is 5.76 Å². The summed E-state index contributed by atoms with van der Waals surface area (Å²) < 4.78 is 13.4. The average Bonchev–Trinajstić information content (AvgIpc) is 3.53. The Morgan fingerprint density at radius 3 is 2.51 bits per heavy atom. The Morgan fingerprint density at radius 1 is 1.00 bits per heavy atom. The van der Waals surface area contributed by atoms with Crippen molar-refractivity contribution in [2.75, 3.05) is 20.3 Å². The van der Waals surface area contributed by atoms with Crippen molar-refractivity contribution in [2.24, 2.45) is 0 Å². The predicted octanol–water partition coefficient (Wildman–Crippen LogP) is 4.37. The van der Waals surface area contributed by atoms with Gasteiger partial charge < -0.3 is 24.0 Å². The molecular formula is C28H32N4O5. The number of hydrogen-bond donors (Lipinski definition) is 1. The van der Waals surface area contributed by atoms with E-state index in [0.29, 0.717) is 48.7 Å². The molecule has 4 rings (SSSR count). The first kappa shape index (κ1) is 25.9. The van der Waals surface area contributed by atoms with E-state index in [-0.39, 0.29) is 11.3 Å². The van der Waals surface area contributed by atoms with Crippen molar-refractivity contribution < 1.29 is 24.2 Å². The quantitative estimate of drug-likeness (QED) is 0.169. The number of unbranched alkanes of at least 4 members (excludes halogenated alkanes) is 2. The summed E-state index contributed by atoms with van der Waals surface area (Å²) >= 11 is 0. The minimum atomic E-state index is -0.779. The number of imidazole rings is 1. The summed E-state index contributed by atoms with van der Waals surface area (Å²) in [5, 5.41) is 11.2. The zero-order valence-electron chi connectivity index (χ0n) is 21.2. The molecule has 2 aromatic heterocycles. The van der Waals surface area contributed by atoms with Crippen LogP contribution in [-0.2, 0) is 16.1 Å². The second-order valence-electron chi connectivity index (χ2n) is 8.85. The molecule has 0 radical (unpaired) electrons. The number of aromatic nitrogens is 3. The minimum absolute atomic E-state index is 0.0394. The molecule has 1 amide bonds. The van der Waals surface area contributed by atoms with Crippen LogP contribution in [0.2, 0.25) is 0 Å². The molecule has 1 fully saturated rings. The Hall–Kier alpha value is -4.14. The third-order valence-electron chi connectivity index (χ3n) is 6.38. The van der Waals surface area contributed by atoms with Crippen molar-refractivity contribution in [1.29, 1.82) is 0 Å². The van der Waals surface area contributed by atoms with Crippen molar-refractivity contribution >= 4 is 17.4 Å². The van der Waals surface area contributed by atoms with E-state index in [9.17, 15) is 14.7 Å². The number of pyridine rings is 1. The largest absolute Gasteiger partial charge is 0.507 e. The highest BCUT2D eigenvalue weighted by atomic mass is 16.5. The lowest BCUT2D eigenvalue weighted by atomic mass is 9.95. The lowest BCUT2D eigenvalue weighted by Gasteiger charge is -2.26. The zero-order chi connectivity index (χ0) is 26.2. The van der Waals surface area contributed by atoms with E-state index in [1.807, 2.05) is 16.8 Å². The molecule has 37 heavy (non-hydrogen) atoms. The minimum Gasteiger partial charge on any atom is -0.507 e. The van der Waals surface area contributed by atoms with E-state index in [1.165, 1.54) is 17.3 Å². The van der Waals surface area contributed by atoms with Crippen LogP contribution in [0.4, 0.5) is 0 Å². The van der Waals surface area contributed by atoms with Gasteiger partial charge in [0.25, 0.3) is 11.7 Å². The van der Waals surface area contributed by atoms with Gasteiger partial charge in [-0.25, -0.2) is 4.98 Å². The van der Waals surface area contributed by atoms with Gasteiger partial charge in [-0.1, -0.05) is 25.8 Å². The maximum atomic E-state index is 13.2. The molecule has 1 unspecified atom stereocenters. The number of nitrogens with zero attached hydrogens (tertiary/aromatic N) is 4. The van der Waals surface area contributed by atoms with E-state index in [1.54, 1.807) is 43.9 Å². The van der Waals surface area contributed by atoms with Gasteiger partial charge in [-0.2, -0.15) is 0 Å². The van der Waals surface area contributed by atoms with E-state index in [2.05, 4.69) is 16.9 Å². The highest BCUT2D eigenvalue weighted by Gasteiger charge is 2.46. The van der Waals surface area contributed by atoms with E-state index in [4.69, 9.17) is 9.47 Å². The van der Waals surface area contributed by atoms with Crippen molar-refractivity contribution in [2.45, 2.75) is 45.2 Å². The number of likely N-dealkylation sites (tertiary alicyclic amines) is 1. The predicted molar refractivity (Wildman–Crippen MR) is 138 cm³/mol. The molecule has 1 aliphatic heterocycles. The molecular weight excluding hydrogens is 472 g/mol. The second kappa shape index (κ2) is 12.2. The van der Waals surface area contributed by atoms with Gasteiger partial charge >= 0.3 is 0 Å². The topological polar surface area (TPSA) is 107 Å². The molecule has 0 aliphatic carbocycles. The standard InChI is InChI=1S/C28H32N4O5/c1-3-4-5-17-37-22-8-7-21(18-23(22)36-2)25-24(26(33)20-9-11-29-12-10-20)27(34)28(35)32(25)15-6-14-31-16-13-30-19-31/h7-13,16,18-19,25,33H,3-6,14-15,17H2,1-2H3. The molecule has 1 saturated heterocycles. The number of aliphatic hydroxyl groups is 1. The van der Waals surface area contributed by atoms with Crippen LogP contribution in [-0.4, -0.2) is 56.5 Å². The van der Waals surface area contributed by atoms with Crippen LogP contribution in [0.1, 0.15) is 49.8 Å². The van der Waals surface area contributed by atoms with Crippen LogP contribution < -0.4 is 9.47 Å². The fraction of sp³-hybridized carbons (Fsp3) is 0.357. The van der Waals surface area contributed by atoms with Crippen molar-refractivity contribution in [3.05, 3.63) is 78.1 Å². The highest BCUT2D eigenvalue weighted by Crippen LogP contribution is 2.42. The van der Waals surface area contributed by atoms with Gasteiger partial charge in [0, 0.05) is 43.4 Å². The molecule has 194 valence electrons. The summed E-state index contributed by atoms with van der Waals surface area (Å²) in [4.78, 5) is 36.0. The zero-order valence-corrected chi connectivity index (χ0v) is 21.2. The van der Waals surface area contributed by atoms with Crippen LogP contribution in [0.5, 0.6) is 11.5 Å². The number of aryl methyl sites for hydroxylation is 1. The number of methoxy groups -OCH3 is 1. The molecule has 3 aromatic rings. The molecule has 1 aromatic carbocycles. The normalized spacial score (nSPS) is 16.8. The number of hydrogen-bond acceptors (Lipinski definition) is 7. The summed E-state index contributed by atoms with van der Waals surface area (Å²) in [5.74, 6) is -0.511. The highest BCUT2D eigenvalue weighted by molar-refractivity contribution is 6.46. The lowest BCUT2D eigenvalue weighted by molar-refractivity contribution is -0.139. The monoisotopic (exact) mass is 504 g/mol. The molecule has 0 saturated carbocycles. The molecule has 0 bridgehead atoms. The second-order valence-corrected chi connectivity index (χ2v) is 8.85. The first-order chi connectivity index (χ1) is 18.0. The third kappa shape index (κ3) is 5.82. The Balaban J connectivity index is 1.69. The van der Waals surface area contributed by atoms with E-state index < -0.39 is 17.7 Å².